The summed E-state index contributed by atoms with van der Waals surface area (Å²) in [6.45, 7) is 1.85. The van der Waals surface area contributed by atoms with E-state index in [0.717, 1.165) is 0 Å². The number of carbonyl (C=O) groups excluding carboxylic acids is 1. The Morgan fingerprint density at radius 3 is 2.46 bits per heavy atom. The molecule has 0 unspecified atom stereocenters. The molecule has 0 aliphatic heterocycles. The van der Waals surface area contributed by atoms with Crippen molar-refractivity contribution < 1.29 is 14.2 Å². The molecular formula is C15H13Cl3FN4O+. The number of carbonyl (C=O) groups is 1. The number of hydrogen-bond donors (Lipinski definition) is 2. The lowest BCUT2D eigenvalue weighted by Crippen LogP contribution is -2.29. The molecule has 9 heteroatoms. The number of benzene rings is 1. The number of H-pyrrole nitrogens is 1. The van der Waals surface area contributed by atoms with Crippen molar-refractivity contribution in [3.05, 3.63) is 56.5 Å². The van der Waals surface area contributed by atoms with Gasteiger partial charge in [-0.3, -0.25) is 4.79 Å². The summed E-state index contributed by atoms with van der Waals surface area (Å²) in [5, 5.41) is 4.00. The summed E-state index contributed by atoms with van der Waals surface area (Å²) in [5.41, 5.74) is 9.22. The van der Waals surface area contributed by atoms with E-state index in [1.54, 1.807) is 12.1 Å². The maximum absolute atomic E-state index is 13.0. The van der Waals surface area contributed by atoms with Crippen LogP contribution in [-0.4, -0.2) is 11.6 Å². The Balaban J connectivity index is 2.27. The van der Waals surface area contributed by atoms with E-state index in [9.17, 15) is 9.18 Å². The molecule has 0 saturated carbocycles. The van der Waals surface area contributed by atoms with Crippen molar-refractivity contribution in [1.29, 1.82) is 0 Å². The van der Waals surface area contributed by atoms with Gasteiger partial charge in [-0.25, -0.2) is 9.82 Å². The van der Waals surface area contributed by atoms with Crippen LogP contribution >= 0.6 is 34.8 Å². The van der Waals surface area contributed by atoms with E-state index in [4.69, 9.17) is 40.5 Å². The molecule has 0 bridgehead atoms. The van der Waals surface area contributed by atoms with E-state index in [1.807, 2.05) is 6.92 Å². The predicted molar refractivity (Wildman–Crippen MR) is 93.1 cm³/mol. The minimum atomic E-state index is -0.640. The highest BCUT2D eigenvalue weighted by Crippen LogP contribution is 2.31. The van der Waals surface area contributed by atoms with Gasteiger partial charge < -0.3 is 5.73 Å². The largest absolute Gasteiger partial charge is 0.396 e. The van der Waals surface area contributed by atoms with Crippen molar-refractivity contribution in [2.45, 2.75) is 13.3 Å². The second kappa shape index (κ2) is 7.79. The van der Waals surface area contributed by atoms with Gasteiger partial charge in [-0.1, -0.05) is 42.3 Å². The maximum atomic E-state index is 13.0. The molecule has 4 N–H and O–H groups in total. The van der Waals surface area contributed by atoms with Gasteiger partial charge >= 0.3 is 5.91 Å². The summed E-state index contributed by atoms with van der Waals surface area (Å²) < 4.78 is 13.0. The van der Waals surface area contributed by atoms with Crippen LogP contribution in [0.4, 0.5) is 10.1 Å². The van der Waals surface area contributed by atoms with Crippen LogP contribution in [0.2, 0.25) is 15.2 Å². The fourth-order valence-corrected chi connectivity index (χ4v) is 2.50. The van der Waals surface area contributed by atoms with E-state index < -0.39 is 5.91 Å². The van der Waals surface area contributed by atoms with Crippen LogP contribution in [0.15, 0.2) is 29.4 Å². The molecule has 0 aliphatic carbocycles. The zero-order chi connectivity index (χ0) is 17.9. The minimum absolute atomic E-state index is 0.00883. The fraction of sp³-hybridized carbons (Fsp3) is 0.133. The van der Waals surface area contributed by atoms with E-state index in [-0.39, 0.29) is 32.4 Å². The van der Waals surface area contributed by atoms with Gasteiger partial charge in [-0.2, -0.15) is 10.1 Å². The number of hydrogen-bond acceptors (Lipinski definition) is 3. The smallest absolute Gasteiger partial charge is 0.337 e. The SMILES string of the molecule is CC/C(=N\NC(=O)c1[nH+]c(Cl)c(Cl)c(N)c1Cl)c1ccc(F)cc1. The van der Waals surface area contributed by atoms with Crippen molar-refractivity contribution in [3.63, 3.8) is 0 Å². The van der Waals surface area contributed by atoms with Crippen molar-refractivity contribution in [1.82, 2.24) is 5.43 Å². The number of aromatic nitrogens is 1. The van der Waals surface area contributed by atoms with Gasteiger partial charge in [0.1, 0.15) is 15.9 Å². The summed E-state index contributed by atoms with van der Waals surface area (Å²) in [7, 11) is 0. The Hall–Kier alpha value is -1.89. The van der Waals surface area contributed by atoms with Crippen LogP contribution in [0.25, 0.3) is 0 Å². The molecule has 1 amide bonds. The number of nitrogens with one attached hydrogen (secondary N) is 2. The van der Waals surface area contributed by atoms with Gasteiger partial charge in [0.2, 0.25) is 0 Å². The number of pyridine rings is 1. The lowest BCUT2D eigenvalue weighted by molar-refractivity contribution is -0.379. The second-order valence-corrected chi connectivity index (χ2v) is 5.85. The van der Waals surface area contributed by atoms with Crippen LogP contribution in [0, 0.1) is 5.82 Å². The zero-order valence-electron chi connectivity index (χ0n) is 12.5. The zero-order valence-corrected chi connectivity index (χ0v) is 14.7. The number of halogens is 4. The number of amides is 1. The van der Waals surface area contributed by atoms with E-state index >= 15 is 0 Å². The summed E-state index contributed by atoms with van der Waals surface area (Å²) in [6, 6.07) is 5.76. The Bertz CT molecular complexity index is 809. The first-order valence-corrected chi connectivity index (χ1v) is 7.96. The molecule has 0 saturated heterocycles. The molecule has 0 aliphatic rings. The quantitative estimate of drug-likeness (QED) is 0.474. The van der Waals surface area contributed by atoms with Gasteiger partial charge in [0.15, 0.2) is 0 Å². The van der Waals surface area contributed by atoms with Crippen LogP contribution in [0.1, 0.15) is 29.4 Å². The minimum Gasteiger partial charge on any atom is -0.396 e. The number of rotatable bonds is 4. The number of nitrogen functional groups attached to an aromatic ring is 1. The third-order valence-electron chi connectivity index (χ3n) is 3.15. The number of hydrazone groups is 1. The Labute approximate surface area is 152 Å². The third-order valence-corrected chi connectivity index (χ3v) is 4.32. The van der Waals surface area contributed by atoms with Crippen LogP contribution in [0.3, 0.4) is 0 Å². The molecule has 0 fully saturated rings. The standard InChI is InChI=1S/C15H12Cl3FN4O/c1-2-9(7-3-5-8(19)6-4-7)22-23-15(24)13-10(16)12(20)11(17)14(18)21-13/h3-6H,2H2,1H3,(H2,20,21)(H,23,24)/p+1/b22-9+. The van der Waals surface area contributed by atoms with Crippen LogP contribution < -0.4 is 16.1 Å². The van der Waals surface area contributed by atoms with Crippen LogP contribution in [0.5, 0.6) is 0 Å². The molecule has 1 aromatic heterocycles. The van der Waals surface area contributed by atoms with Gasteiger partial charge in [0, 0.05) is 0 Å². The molecular weight excluding hydrogens is 378 g/mol. The maximum Gasteiger partial charge on any atom is 0.337 e. The average molecular weight is 391 g/mol. The first-order chi connectivity index (χ1) is 11.3. The third kappa shape index (κ3) is 3.95. The molecule has 0 atom stereocenters. The van der Waals surface area contributed by atoms with Gasteiger partial charge in [0.25, 0.3) is 10.8 Å². The number of nitrogens with two attached hydrogens (primary N) is 1. The summed E-state index contributed by atoms with van der Waals surface area (Å²) in [4.78, 5) is 14.8. The lowest BCUT2D eigenvalue weighted by Gasteiger charge is -2.05. The van der Waals surface area contributed by atoms with E-state index in [1.165, 1.54) is 12.1 Å². The monoisotopic (exact) mass is 389 g/mol. The van der Waals surface area contributed by atoms with Gasteiger partial charge in [-0.05, 0) is 35.7 Å². The molecule has 1 aromatic carbocycles. The molecule has 5 nitrogen and oxygen atoms in total. The fourth-order valence-electron chi connectivity index (χ4n) is 1.89. The van der Waals surface area contributed by atoms with Gasteiger partial charge in [-0.15, -0.1) is 0 Å². The van der Waals surface area contributed by atoms with Gasteiger partial charge in [0.05, 0.1) is 11.4 Å². The van der Waals surface area contributed by atoms with Crippen molar-refractivity contribution in [2.75, 3.05) is 5.73 Å². The average Bonchev–Trinajstić information content (AvgIpc) is 2.58. The number of anilines is 1. The highest BCUT2D eigenvalue weighted by atomic mass is 35.5. The first-order valence-electron chi connectivity index (χ1n) is 6.83. The molecule has 2 aromatic rings. The van der Waals surface area contributed by atoms with E-state index in [0.29, 0.717) is 17.7 Å². The summed E-state index contributed by atoms with van der Waals surface area (Å²) in [5.74, 6) is -0.996. The van der Waals surface area contributed by atoms with Crippen LogP contribution in [-0.2, 0) is 0 Å². The Kier molecular flexibility index (Phi) is 5.99. The number of aromatic amines is 1. The second-order valence-electron chi connectivity index (χ2n) is 4.72. The molecule has 24 heavy (non-hydrogen) atoms. The summed E-state index contributed by atoms with van der Waals surface area (Å²) in [6.07, 6.45) is 0.521. The summed E-state index contributed by atoms with van der Waals surface area (Å²) >= 11 is 17.7. The Morgan fingerprint density at radius 2 is 1.88 bits per heavy atom. The first kappa shape index (κ1) is 18.4. The highest BCUT2D eigenvalue weighted by Gasteiger charge is 2.26. The van der Waals surface area contributed by atoms with Crippen molar-refractivity contribution in [2.24, 2.45) is 5.10 Å². The van der Waals surface area contributed by atoms with E-state index in [2.05, 4.69) is 15.5 Å². The topological polar surface area (TPSA) is 81.6 Å². The van der Waals surface area contributed by atoms with Crippen molar-refractivity contribution in [3.8, 4) is 0 Å². The molecule has 2 rings (SSSR count). The number of nitrogens with zero attached hydrogens (tertiary/aromatic N) is 1. The molecule has 0 radical (unpaired) electrons. The lowest BCUT2D eigenvalue weighted by atomic mass is 10.1. The Morgan fingerprint density at radius 1 is 1.25 bits per heavy atom. The highest BCUT2D eigenvalue weighted by molar-refractivity contribution is 6.45. The van der Waals surface area contributed by atoms with Crippen molar-refractivity contribution >= 4 is 52.1 Å². The molecule has 126 valence electrons. The molecule has 0 spiro atoms. The normalized spacial score (nSPS) is 11.5. The predicted octanol–water partition coefficient (Wildman–Crippen LogP) is 3.73. The molecule has 1 heterocycles.